The maximum absolute atomic E-state index is 10.1. The van der Waals surface area contributed by atoms with Gasteiger partial charge in [0, 0.05) is 0 Å². The predicted octanol–water partition coefficient (Wildman–Crippen LogP) is -3.30. The largest absolute Gasteiger partial charge is 0.394 e. The summed E-state index contributed by atoms with van der Waals surface area (Å²) >= 11 is 0. The van der Waals surface area contributed by atoms with Gasteiger partial charge in [-0.3, -0.25) is 0 Å². The van der Waals surface area contributed by atoms with Crippen molar-refractivity contribution in [2.75, 3.05) is 13.2 Å². The Morgan fingerprint density at radius 2 is 1.41 bits per heavy atom. The van der Waals surface area contributed by atoms with Crippen molar-refractivity contribution in [3.8, 4) is 0 Å². The normalized spacial score (nSPS) is 49.5. The predicted molar refractivity (Wildman–Crippen MR) is 70.7 cm³/mol. The Hall–Kier alpha value is -0.360. The van der Waals surface area contributed by atoms with Crippen LogP contribution in [0.5, 0.6) is 0 Å². The van der Waals surface area contributed by atoms with E-state index in [1.807, 2.05) is 0 Å². The molecule has 9 nitrogen and oxygen atoms in total. The van der Waals surface area contributed by atoms with Crippen molar-refractivity contribution in [3.63, 3.8) is 0 Å². The summed E-state index contributed by atoms with van der Waals surface area (Å²) in [5.41, 5.74) is 0. The molecule has 2 heterocycles. The fourth-order valence-electron chi connectivity index (χ4n) is 2.80. The highest BCUT2D eigenvalue weighted by atomic mass is 16.7. The van der Waals surface area contributed by atoms with Gasteiger partial charge in [-0.1, -0.05) is 6.92 Å². The highest BCUT2D eigenvalue weighted by molar-refractivity contribution is 4.94. The van der Waals surface area contributed by atoms with Gasteiger partial charge in [-0.2, -0.15) is 0 Å². The van der Waals surface area contributed by atoms with E-state index in [2.05, 4.69) is 0 Å². The molecule has 9 heteroatoms. The minimum Gasteiger partial charge on any atom is -0.394 e. The lowest BCUT2D eigenvalue weighted by Gasteiger charge is -2.41. The van der Waals surface area contributed by atoms with Gasteiger partial charge < -0.3 is 44.8 Å². The molecule has 2 rings (SSSR count). The van der Waals surface area contributed by atoms with E-state index in [1.165, 1.54) is 0 Å². The first-order chi connectivity index (χ1) is 10.4. The molecule has 130 valence electrons. The van der Waals surface area contributed by atoms with Crippen molar-refractivity contribution in [2.45, 2.75) is 68.5 Å². The highest BCUT2D eigenvalue weighted by Gasteiger charge is 2.49. The zero-order valence-corrected chi connectivity index (χ0v) is 12.2. The molecule has 9 atom stereocenters. The van der Waals surface area contributed by atoms with Gasteiger partial charge in [0.2, 0.25) is 0 Å². The summed E-state index contributed by atoms with van der Waals surface area (Å²) in [4.78, 5) is 0. The van der Waals surface area contributed by atoms with Gasteiger partial charge in [0.05, 0.1) is 19.3 Å². The Morgan fingerprint density at radius 3 is 1.95 bits per heavy atom. The molecule has 0 aromatic rings. The second kappa shape index (κ2) is 7.47. The number of aliphatic hydroxyl groups excluding tert-OH is 6. The van der Waals surface area contributed by atoms with Crippen LogP contribution in [0.15, 0.2) is 0 Å². The summed E-state index contributed by atoms with van der Waals surface area (Å²) in [7, 11) is 0. The number of hydrogen-bond donors (Lipinski definition) is 6. The van der Waals surface area contributed by atoms with Crippen LogP contribution in [0.1, 0.15) is 13.3 Å². The molecular formula is C13H24O9. The van der Waals surface area contributed by atoms with E-state index < -0.39 is 68.3 Å². The van der Waals surface area contributed by atoms with E-state index in [4.69, 9.17) is 19.3 Å². The fourth-order valence-corrected chi connectivity index (χ4v) is 2.80. The van der Waals surface area contributed by atoms with Crippen molar-refractivity contribution in [1.82, 2.24) is 0 Å². The molecule has 2 fully saturated rings. The number of ether oxygens (including phenoxy) is 3. The van der Waals surface area contributed by atoms with Gasteiger partial charge in [-0.15, -0.1) is 0 Å². The molecule has 6 N–H and O–H groups in total. The summed E-state index contributed by atoms with van der Waals surface area (Å²) in [6.45, 7) is 0.837. The average molecular weight is 324 g/mol. The van der Waals surface area contributed by atoms with Crippen LogP contribution in [0.3, 0.4) is 0 Å². The molecule has 2 saturated heterocycles. The zero-order valence-electron chi connectivity index (χ0n) is 12.2. The van der Waals surface area contributed by atoms with Gasteiger partial charge in [0.15, 0.2) is 6.29 Å². The van der Waals surface area contributed by atoms with Crippen LogP contribution < -0.4 is 0 Å². The molecule has 0 radical (unpaired) electrons. The van der Waals surface area contributed by atoms with Crippen LogP contribution >= 0.6 is 0 Å². The highest BCUT2D eigenvalue weighted by Crippen LogP contribution is 2.30. The van der Waals surface area contributed by atoms with Crippen LogP contribution in [-0.4, -0.2) is 99.0 Å². The van der Waals surface area contributed by atoms with Gasteiger partial charge >= 0.3 is 0 Å². The van der Waals surface area contributed by atoms with E-state index >= 15 is 0 Å². The molecule has 0 bridgehead atoms. The third-order valence-corrected chi connectivity index (χ3v) is 4.16. The third kappa shape index (κ3) is 3.28. The second-order valence-corrected chi connectivity index (χ2v) is 5.59. The fraction of sp³-hybridized carbons (Fsp3) is 1.00. The summed E-state index contributed by atoms with van der Waals surface area (Å²) in [5.74, 6) is 0. The number of hydrogen-bond acceptors (Lipinski definition) is 9. The Bertz CT molecular complexity index is 350. The molecule has 0 saturated carbocycles. The lowest BCUT2D eigenvalue weighted by atomic mass is 9.99. The monoisotopic (exact) mass is 324 g/mol. The van der Waals surface area contributed by atoms with Gasteiger partial charge in [-0.05, 0) is 6.42 Å². The standard InChI is InChI=1S/C13H24O9/c1-2-5-9(17)12(7(4-15)20-5)22-13-11(19)10(18)8(16)6(3-14)21-13/h5-19H,2-4H2,1H3/t5-,6+,7-,8-,9-,10+,11-,12-,13+/m1/s1. The van der Waals surface area contributed by atoms with Crippen molar-refractivity contribution in [3.05, 3.63) is 0 Å². The molecule has 2 aliphatic rings. The molecule has 22 heavy (non-hydrogen) atoms. The Balaban J connectivity index is 2.07. The molecule has 0 aromatic carbocycles. The van der Waals surface area contributed by atoms with Crippen molar-refractivity contribution in [2.24, 2.45) is 0 Å². The molecule has 0 unspecified atom stereocenters. The first-order valence-corrected chi connectivity index (χ1v) is 7.34. The summed E-state index contributed by atoms with van der Waals surface area (Å²) in [5, 5.41) is 57.9. The minimum absolute atomic E-state index is 0.393. The molecule has 0 spiro atoms. The minimum atomic E-state index is -1.56. The van der Waals surface area contributed by atoms with E-state index in [-0.39, 0.29) is 0 Å². The van der Waals surface area contributed by atoms with Gasteiger partial charge in [0.1, 0.15) is 42.7 Å². The Kier molecular flexibility index (Phi) is 6.11. The zero-order chi connectivity index (χ0) is 16.4. The van der Waals surface area contributed by atoms with Crippen molar-refractivity contribution >= 4 is 0 Å². The van der Waals surface area contributed by atoms with Crippen LogP contribution in [0.4, 0.5) is 0 Å². The van der Waals surface area contributed by atoms with E-state index in [9.17, 15) is 25.5 Å². The molecular weight excluding hydrogens is 300 g/mol. The quantitative estimate of drug-likeness (QED) is 0.306. The number of aliphatic hydroxyl groups is 6. The van der Waals surface area contributed by atoms with Gasteiger partial charge in [0.25, 0.3) is 0 Å². The smallest absolute Gasteiger partial charge is 0.187 e. The van der Waals surface area contributed by atoms with Gasteiger partial charge in [-0.25, -0.2) is 0 Å². The van der Waals surface area contributed by atoms with Crippen molar-refractivity contribution in [1.29, 1.82) is 0 Å². The van der Waals surface area contributed by atoms with E-state index in [0.717, 1.165) is 0 Å². The maximum atomic E-state index is 10.1. The molecule has 0 aromatic heterocycles. The first kappa shape index (κ1) is 18.0. The maximum Gasteiger partial charge on any atom is 0.187 e. The van der Waals surface area contributed by atoms with Crippen LogP contribution in [-0.2, 0) is 14.2 Å². The third-order valence-electron chi connectivity index (χ3n) is 4.16. The lowest BCUT2D eigenvalue weighted by molar-refractivity contribution is -0.318. The van der Waals surface area contributed by atoms with Crippen LogP contribution in [0.25, 0.3) is 0 Å². The van der Waals surface area contributed by atoms with Crippen LogP contribution in [0, 0.1) is 0 Å². The summed E-state index contributed by atoms with van der Waals surface area (Å²) in [6, 6.07) is 0. The van der Waals surface area contributed by atoms with Crippen molar-refractivity contribution < 1.29 is 44.8 Å². The Morgan fingerprint density at radius 1 is 0.773 bits per heavy atom. The summed E-state index contributed by atoms with van der Waals surface area (Å²) < 4.78 is 16.1. The van der Waals surface area contributed by atoms with E-state index in [1.54, 1.807) is 6.92 Å². The van der Waals surface area contributed by atoms with E-state index in [0.29, 0.717) is 6.42 Å². The second-order valence-electron chi connectivity index (χ2n) is 5.59. The summed E-state index contributed by atoms with van der Waals surface area (Å²) in [6.07, 6.45) is -9.89. The average Bonchev–Trinajstić information content (AvgIpc) is 2.83. The first-order valence-electron chi connectivity index (χ1n) is 7.34. The molecule has 0 aliphatic carbocycles. The van der Waals surface area contributed by atoms with Crippen LogP contribution in [0.2, 0.25) is 0 Å². The molecule has 2 aliphatic heterocycles. The Labute approximate surface area is 127 Å². The topological polar surface area (TPSA) is 149 Å². The SMILES string of the molecule is CC[C@H]1O[C@H](CO)[C@@H](O[C@@H]2O[C@@H](CO)[C@@H](O)[C@H](O)[C@H]2O)[C@@H]1O. The number of rotatable bonds is 5. The lowest BCUT2D eigenvalue weighted by Crippen LogP contribution is -2.60. The molecule has 0 amide bonds.